The van der Waals surface area contributed by atoms with Gasteiger partial charge in [-0.3, -0.25) is 0 Å². The van der Waals surface area contributed by atoms with Crippen LogP contribution in [0.3, 0.4) is 0 Å². The zero-order valence-electron chi connectivity index (χ0n) is 11.7. The summed E-state index contributed by atoms with van der Waals surface area (Å²) in [4.78, 5) is 0. The zero-order chi connectivity index (χ0) is 13.1. The number of nitrogens with two attached hydrogens (primary N) is 1. The summed E-state index contributed by atoms with van der Waals surface area (Å²) in [6.07, 6.45) is 8.50. The maximum atomic E-state index is 6.59. The third kappa shape index (κ3) is 2.85. The quantitative estimate of drug-likeness (QED) is 0.879. The van der Waals surface area contributed by atoms with Crippen LogP contribution < -0.4 is 5.73 Å². The molecule has 1 heterocycles. The lowest BCUT2D eigenvalue weighted by Crippen LogP contribution is -2.38. The van der Waals surface area contributed by atoms with Crippen molar-refractivity contribution in [1.82, 2.24) is 0 Å². The number of ether oxygens (including phenoxy) is 1. The minimum atomic E-state index is -0.0630. The zero-order valence-corrected chi connectivity index (χ0v) is 11.7. The first-order valence-corrected chi connectivity index (χ1v) is 7.75. The van der Waals surface area contributed by atoms with Crippen molar-refractivity contribution in [2.24, 2.45) is 5.73 Å². The third-order valence-corrected chi connectivity index (χ3v) is 4.92. The fourth-order valence-electron chi connectivity index (χ4n) is 3.59. The van der Waals surface area contributed by atoms with Crippen molar-refractivity contribution < 1.29 is 4.74 Å². The highest BCUT2D eigenvalue weighted by atomic mass is 16.5. The fraction of sp³-hybridized carbons (Fsp3) is 0.647. The minimum Gasteiger partial charge on any atom is -0.381 e. The molecule has 1 saturated carbocycles. The molecule has 19 heavy (non-hydrogen) atoms. The van der Waals surface area contributed by atoms with E-state index in [-0.39, 0.29) is 5.54 Å². The van der Waals surface area contributed by atoms with Gasteiger partial charge in [-0.2, -0.15) is 0 Å². The lowest BCUT2D eigenvalue weighted by atomic mass is 9.77. The van der Waals surface area contributed by atoms with Gasteiger partial charge >= 0.3 is 0 Å². The number of rotatable bonds is 2. The second-order valence-corrected chi connectivity index (χ2v) is 6.23. The van der Waals surface area contributed by atoms with Gasteiger partial charge in [0.1, 0.15) is 0 Å². The Morgan fingerprint density at radius 1 is 0.947 bits per heavy atom. The average molecular weight is 259 g/mol. The lowest BCUT2D eigenvalue weighted by Gasteiger charge is -2.34. The molecule has 0 aromatic heterocycles. The maximum absolute atomic E-state index is 6.59. The standard InChI is InChI=1S/C17H25NO/c18-17(10-2-1-3-11-17)16-6-4-14(5-7-16)15-8-12-19-13-9-15/h4-7,15H,1-3,8-13,18H2. The van der Waals surface area contributed by atoms with E-state index in [1.54, 1.807) is 0 Å². The molecule has 2 N–H and O–H groups in total. The largest absolute Gasteiger partial charge is 0.381 e. The smallest absolute Gasteiger partial charge is 0.0471 e. The van der Waals surface area contributed by atoms with Crippen molar-refractivity contribution in [3.05, 3.63) is 35.4 Å². The summed E-state index contributed by atoms with van der Waals surface area (Å²) in [5.74, 6) is 0.683. The highest BCUT2D eigenvalue weighted by Crippen LogP contribution is 2.36. The Bertz CT molecular complexity index is 400. The van der Waals surface area contributed by atoms with E-state index in [0.29, 0.717) is 5.92 Å². The average Bonchev–Trinajstić information content (AvgIpc) is 2.49. The Hall–Kier alpha value is -0.860. The maximum Gasteiger partial charge on any atom is 0.0471 e. The van der Waals surface area contributed by atoms with Gasteiger partial charge < -0.3 is 10.5 Å². The normalized spacial score (nSPS) is 24.3. The third-order valence-electron chi connectivity index (χ3n) is 4.92. The number of benzene rings is 1. The molecule has 1 aliphatic carbocycles. The van der Waals surface area contributed by atoms with E-state index in [9.17, 15) is 0 Å². The molecular formula is C17H25NO. The van der Waals surface area contributed by atoms with Crippen molar-refractivity contribution in [2.75, 3.05) is 13.2 Å². The van der Waals surface area contributed by atoms with Crippen LogP contribution in [0.15, 0.2) is 24.3 Å². The Morgan fingerprint density at radius 3 is 2.21 bits per heavy atom. The molecule has 0 bridgehead atoms. The van der Waals surface area contributed by atoms with E-state index in [1.165, 1.54) is 30.4 Å². The van der Waals surface area contributed by atoms with Gasteiger partial charge in [-0.25, -0.2) is 0 Å². The van der Waals surface area contributed by atoms with Crippen molar-refractivity contribution in [1.29, 1.82) is 0 Å². The summed E-state index contributed by atoms with van der Waals surface area (Å²) >= 11 is 0. The fourth-order valence-corrected chi connectivity index (χ4v) is 3.59. The van der Waals surface area contributed by atoms with E-state index < -0.39 is 0 Å². The molecule has 0 amide bonds. The summed E-state index contributed by atoms with van der Waals surface area (Å²) in [5, 5.41) is 0. The molecular weight excluding hydrogens is 234 g/mol. The van der Waals surface area contributed by atoms with Gasteiger partial charge in [-0.05, 0) is 42.7 Å². The first kappa shape index (κ1) is 13.1. The molecule has 0 radical (unpaired) electrons. The van der Waals surface area contributed by atoms with Crippen molar-refractivity contribution >= 4 is 0 Å². The van der Waals surface area contributed by atoms with Gasteiger partial charge in [-0.15, -0.1) is 0 Å². The van der Waals surface area contributed by atoms with Crippen LogP contribution in [0.1, 0.15) is 62.0 Å². The molecule has 2 aliphatic rings. The number of hydrogen-bond acceptors (Lipinski definition) is 2. The molecule has 0 unspecified atom stereocenters. The molecule has 2 fully saturated rings. The van der Waals surface area contributed by atoms with Crippen LogP contribution in [0.2, 0.25) is 0 Å². The predicted molar refractivity (Wildman–Crippen MR) is 78.2 cm³/mol. The van der Waals surface area contributed by atoms with Crippen LogP contribution in [-0.4, -0.2) is 13.2 Å². The number of hydrogen-bond donors (Lipinski definition) is 1. The van der Waals surface area contributed by atoms with E-state index >= 15 is 0 Å². The van der Waals surface area contributed by atoms with Crippen LogP contribution >= 0.6 is 0 Å². The summed E-state index contributed by atoms with van der Waals surface area (Å²) in [6, 6.07) is 9.15. The van der Waals surface area contributed by atoms with Crippen molar-refractivity contribution in [3.63, 3.8) is 0 Å². The van der Waals surface area contributed by atoms with Crippen LogP contribution in [0.25, 0.3) is 0 Å². The first-order valence-electron chi connectivity index (χ1n) is 7.75. The Morgan fingerprint density at radius 2 is 1.58 bits per heavy atom. The monoisotopic (exact) mass is 259 g/mol. The SMILES string of the molecule is NC1(c2ccc(C3CCOCC3)cc2)CCCCC1. The second kappa shape index (κ2) is 5.64. The lowest BCUT2D eigenvalue weighted by molar-refractivity contribution is 0.0853. The van der Waals surface area contributed by atoms with E-state index in [0.717, 1.165) is 38.9 Å². The minimum absolute atomic E-state index is 0.0630. The Kier molecular flexibility index (Phi) is 3.90. The summed E-state index contributed by atoms with van der Waals surface area (Å²) in [5.41, 5.74) is 9.33. The van der Waals surface area contributed by atoms with Gasteiger partial charge in [-0.1, -0.05) is 43.5 Å². The molecule has 3 rings (SSSR count). The summed E-state index contributed by atoms with van der Waals surface area (Å²) < 4.78 is 5.44. The highest BCUT2D eigenvalue weighted by molar-refractivity contribution is 5.30. The van der Waals surface area contributed by atoms with Gasteiger partial charge in [0, 0.05) is 18.8 Å². The van der Waals surface area contributed by atoms with Gasteiger partial charge in [0.05, 0.1) is 0 Å². The van der Waals surface area contributed by atoms with E-state index in [1.807, 2.05) is 0 Å². The van der Waals surface area contributed by atoms with Crippen LogP contribution in [-0.2, 0) is 10.3 Å². The molecule has 1 aromatic carbocycles. The van der Waals surface area contributed by atoms with Gasteiger partial charge in [0.25, 0.3) is 0 Å². The predicted octanol–water partition coefficient (Wildman–Crippen LogP) is 3.70. The molecule has 0 spiro atoms. The highest BCUT2D eigenvalue weighted by Gasteiger charge is 2.29. The van der Waals surface area contributed by atoms with Crippen molar-refractivity contribution in [2.45, 2.75) is 56.4 Å². The van der Waals surface area contributed by atoms with Crippen molar-refractivity contribution in [3.8, 4) is 0 Å². The molecule has 1 aliphatic heterocycles. The molecule has 2 nitrogen and oxygen atoms in total. The van der Waals surface area contributed by atoms with E-state index in [2.05, 4.69) is 24.3 Å². The van der Waals surface area contributed by atoms with Crippen LogP contribution in [0, 0.1) is 0 Å². The van der Waals surface area contributed by atoms with E-state index in [4.69, 9.17) is 10.5 Å². The van der Waals surface area contributed by atoms with Gasteiger partial charge in [0.15, 0.2) is 0 Å². The summed E-state index contributed by atoms with van der Waals surface area (Å²) in [6.45, 7) is 1.82. The summed E-state index contributed by atoms with van der Waals surface area (Å²) in [7, 11) is 0. The van der Waals surface area contributed by atoms with Gasteiger partial charge in [0.2, 0.25) is 0 Å². The molecule has 1 saturated heterocycles. The van der Waals surface area contributed by atoms with Crippen LogP contribution in [0.5, 0.6) is 0 Å². The molecule has 1 aromatic rings. The molecule has 0 atom stereocenters. The second-order valence-electron chi connectivity index (χ2n) is 6.23. The topological polar surface area (TPSA) is 35.2 Å². The molecule has 2 heteroatoms. The first-order chi connectivity index (χ1) is 9.28. The molecule has 104 valence electrons. The Labute approximate surface area is 116 Å². The Balaban J connectivity index is 1.74. The van der Waals surface area contributed by atoms with Crippen LogP contribution in [0.4, 0.5) is 0 Å².